The van der Waals surface area contributed by atoms with E-state index < -0.39 is 12.0 Å². The number of benzene rings is 2. The Morgan fingerprint density at radius 3 is 2.74 bits per heavy atom. The third-order valence-corrected chi connectivity index (χ3v) is 7.07. The van der Waals surface area contributed by atoms with Crippen LogP contribution in [0.1, 0.15) is 33.1 Å². The highest BCUT2D eigenvalue weighted by Crippen LogP contribution is 2.37. The van der Waals surface area contributed by atoms with Crippen LogP contribution < -0.4 is 4.90 Å². The van der Waals surface area contributed by atoms with E-state index in [1.165, 1.54) is 22.5 Å². The molecule has 1 N–H and O–H groups in total. The van der Waals surface area contributed by atoms with Gasteiger partial charge in [0.15, 0.2) is 5.01 Å². The molecule has 6 nitrogen and oxygen atoms in total. The maximum Gasteiger partial charge on any atom is 0.320 e. The lowest BCUT2D eigenvalue weighted by Gasteiger charge is -2.19. The Balaban J connectivity index is 1.36. The number of aliphatic carboxylic acids is 1. The lowest BCUT2D eigenvalue weighted by molar-refractivity contribution is -0.142. The second kappa shape index (κ2) is 8.24. The van der Waals surface area contributed by atoms with E-state index in [9.17, 15) is 14.7 Å². The molecule has 0 bridgehead atoms. The number of rotatable bonds is 5. The van der Waals surface area contributed by atoms with Crippen molar-refractivity contribution in [3.05, 3.63) is 70.2 Å². The molecular formula is C24H23N3O3S. The smallest absolute Gasteiger partial charge is 0.320 e. The van der Waals surface area contributed by atoms with Crippen molar-refractivity contribution in [2.24, 2.45) is 0 Å². The van der Waals surface area contributed by atoms with Gasteiger partial charge in [-0.25, -0.2) is 4.98 Å². The molecule has 2 aromatic carbocycles. The molecule has 31 heavy (non-hydrogen) atoms. The zero-order chi connectivity index (χ0) is 21.4. The molecule has 2 aliphatic heterocycles. The minimum atomic E-state index is -0.777. The molecule has 5 rings (SSSR count). The van der Waals surface area contributed by atoms with E-state index in [1.54, 1.807) is 6.20 Å². The summed E-state index contributed by atoms with van der Waals surface area (Å²) in [5, 5.41) is 9.84. The van der Waals surface area contributed by atoms with Crippen LogP contribution in [-0.2, 0) is 17.8 Å². The van der Waals surface area contributed by atoms with E-state index in [1.807, 2.05) is 40.1 Å². The molecule has 2 aliphatic rings. The zero-order valence-corrected chi connectivity index (χ0v) is 17.8. The topological polar surface area (TPSA) is 73.7 Å². The Kier molecular flexibility index (Phi) is 5.29. The molecule has 1 atom stereocenters. The molecular weight excluding hydrogens is 410 g/mol. The van der Waals surface area contributed by atoms with E-state index in [-0.39, 0.29) is 5.91 Å². The summed E-state index contributed by atoms with van der Waals surface area (Å²) in [5.41, 5.74) is 4.47. The van der Waals surface area contributed by atoms with Gasteiger partial charge < -0.3 is 10.0 Å². The predicted octanol–water partition coefficient (Wildman–Crippen LogP) is 4.06. The van der Waals surface area contributed by atoms with Crippen LogP contribution in [0.3, 0.4) is 0 Å². The van der Waals surface area contributed by atoms with E-state index in [4.69, 9.17) is 0 Å². The normalized spacial score (nSPS) is 18.3. The maximum atomic E-state index is 13.2. The van der Waals surface area contributed by atoms with Crippen molar-refractivity contribution in [1.29, 1.82) is 0 Å². The summed E-state index contributed by atoms with van der Waals surface area (Å²) in [5.74, 6) is -0.863. The number of carbonyl (C=O) groups excluding carboxylic acids is 1. The van der Waals surface area contributed by atoms with E-state index in [0.717, 1.165) is 35.5 Å². The fourth-order valence-electron chi connectivity index (χ4n) is 4.62. The summed E-state index contributed by atoms with van der Waals surface area (Å²) in [6.07, 6.45) is 4.09. The number of aromatic nitrogens is 1. The highest BCUT2D eigenvalue weighted by atomic mass is 32.1. The number of nitrogens with zero attached hydrogens (tertiary/aromatic N) is 3. The molecule has 158 valence electrons. The van der Waals surface area contributed by atoms with Gasteiger partial charge in [0, 0.05) is 29.9 Å². The molecule has 1 amide bonds. The van der Waals surface area contributed by atoms with Crippen molar-refractivity contribution < 1.29 is 14.7 Å². The van der Waals surface area contributed by atoms with Gasteiger partial charge in [-0.05, 0) is 48.6 Å². The lowest BCUT2D eigenvalue weighted by atomic mass is 9.98. The molecule has 0 radical (unpaired) electrons. The Labute approximate surface area is 184 Å². The fraction of sp³-hybridized carbons (Fsp3) is 0.292. The summed E-state index contributed by atoms with van der Waals surface area (Å²) in [4.78, 5) is 33.8. The second-order valence-electron chi connectivity index (χ2n) is 7.97. The summed E-state index contributed by atoms with van der Waals surface area (Å²) in [6, 6.07) is 15.9. The van der Waals surface area contributed by atoms with Crippen LogP contribution >= 0.6 is 11.3 Å². The zero-order valence-electron chi connectivity index (χ0n) is 17.0. The molecule has 0 saturated carbocycles. The van der Waals surface area contributed by atoms with Gasteiger partial charge in [0.25, 0.3) is 5.91 Å². The Bertz CT molecular complexity index is 1130. The molecule has 0 unspecified atom stereocenters. The fourth-order valence-corrected chi connectivity index (χ4v) is 5.51. The maximum absolute atomic E-state index is 13.2. The predicted molar refractivity (Wildman–Crippen MR) is 120 cm³/mol. The standard InChI is InChI=1S/C24H23N3O3S/c28-23(22-25-14-17(31-22)15-26-12-5-10-21(26)24(29)30)27-13-11-19-18(8-4-9-20(19)27)16-6-2-1-3-7-16/h1-4,6-9,14,21H,5,10-13,15H2,(H,29,30)/t21-/m0/s1. The number of carbonyl (C=O) groups is 2. The number of likely N-dealkylation sites (tertiary alicyclic amines) is 1. The number of hydrogen-bond acceptors (Lipinski definition) is 5. The third kappa shape index (κ3) is 3.75. The molecule has 0 spiro atoms. The van der Waals surface area contributed by atoms with Gasteiger partial charge in [-0.3, -0.25) is 14.5 Å². The highest BCUT2D eigenvalue weighted by molar-refractivity contribution is 7.13. The average Bonchev–Trinajstić information content (AvgIpc) is 3.53. The van der Waals surface area contributed by atoms with Gasteiger partial charge in [-0.15, -0.1) is 11.3 Å². The first-order valence-corrected chi connectivity index (χ1v) is 11.3. The van der Waals surface area contributed by atoms with Crippen molar-refractivity contribution in [1.82, 2.24) is 9.88 Å². The highest BCUT2D eigenvalue weighted by Gasteiger charge is 2.32. The number of amides is 1. The second-order valence-corrected chi connectivity index (χ2v) is 9.09. The average molecular weight is 434 g/mol. The summed E-state index contributed by atoms with van der Waals surface area (Å²) in [7, 11) is 0. The molecule has 7 heteroatoms. The molecule has 3 aromatic rings. The number of carboxylic acids is 1. The van der Waals surface area contributed by atoms with Crippen molar-refractivity contribution in [2.75, 3.05) is 18.0 Å². The Morgan fingerprint density at radius 1 is 1.10 bits per heavy atom. The molecule has 1 fully saturated rings. The molecule has 3 heterocycles. The first-order valence-electron chi connectivity index (χ1n) is 10.5. The van der Waals surface area contributed by atoms with Gasteiger partial charge in [0.2, 0.25) is 0 Å². The SMILES string of the molecule is O=C(O)[C@@H]1CCCN1Cc1cnc(C(=O)N2CCc3c(-c4ccccc4)cccc32)s1. The number of thiazole rings is 1. The van der Waals surface area contributed by atoms with E-state index >= 15 is 0 Å². The lowest BCUT2D eigenvalue weighted by Crippen LogP contribution is -2.35. The van der Waals surface area contributed by atoms with Crippen LogP contribution in [0.2, 0.25) is 0 Å². The number of fused-ring (bicyclic) bond motifs is 1. The summed E-state index contributed by atoms with van der Waals surface area (Å²) < 4.78 is 0. The van der Waals surface area contributed by atoms with Gasteiger partial charge in [0.05, 0.1) is 0 Å². The van der Waals surface area contributed by atoms with Gasteiger partial charge in [-0.1, -0.05) is 42.5 Å². The number of hydrogen-bond donors (Lipinski definition) is 1. The van der Waals surface area contributed by atoms with Crippen LogP contribution in [0.5, 0.6) is 0 Å². The minimum absolute atomic E-state index is 0.0866. The van der Waals surface area contributed by atoms with Gasteiger partial charge in [0.1, 0.15) is 6.04 Å². The molecule has 1 aromatic heterocycles. The van der Waals surface area contributed by atoms with E-state index in [0.29, 0.717) is 24.5 Å². The molecule has 0 aliphatic carbocycles. The summed E-state index contributed by atoms with van der Waals surface area (Å²) in [6.45, 7) is 1.93. The monoisotopic (exact) mass is 433 g/mol. The van der Waals surface area contributed by atoms with Crippen LogP contribution in [0.4, 0.5) is 5.69 Å². The van der Waals surface area contributed by atoms with E-state index in [2.05, 4.69) is 23.2 Å². The minimum Gasteiger partial charge on any atom is -0.480 e. The largest absolute Gasteiger partial charge is 0.480 e. The van der Waals surface area contributed by atoms with Crippen LogP contribution in [0.15, 0.2) is 54.7 Å². The number of anilines is 1. The summed E-state index contributed by atoms with van der Waals surface area (Å²) >= 11 is 1.37. The van der Waals surface area contributed by atoms with Gasteiger partial charge in [-0.2, -0.15) is 0 Å². The van der Waals surface area contributed by atoms with Crippen molar-refractivity contribution in [3.63, 3.8) is 0 Å². The Morgan fingerprint density at radius 2 is 1.94 bits per heavy atom. The van der Waals surface area contributed by atoms with Crippen LogP contribution in [-0.4, -0.2) is 46.0 Å². The van der Waals surface area contributed by atoms with Crippen molar-refractivity contribution >= 4 is 28.9 Å². The third-order valence-electron chi connectivity index (χ3n) is 6.10. The van der Waals surface area contributed by atoms with Crippen LogP contribution in [0, 0.1) is 0 Å². The quantitative estimate of drug-likeness (QED) is 0.657. The van der Waals surface area contributed by atoms with Crippen molar-refractivity contribution in [2.45, 2.75) is 31.8 Å². The Hall–Kier alpha value is -3.03. The van der Waals surface area contributed by atoms with Crippen molar-refractivity contribution in [3.8, 4) is 11.1 Å². The van der Waals surface area contributed by atoms with Crippen LogP contribution in [0.25, 0.3) is 11.1 Å². The van der Waals surface area contributed by atoms with Gasteiger partial charge >= 0.3 is 5.97 Å². The first-order chi connectivity index (χ1) is 15.1. The molecule has 1 saturated heterocycles. The number of carboxylic acid groups (broad SMARTS) is 1. The first kappa shape index (κ1) is 19.9.